The van der Waals surface area contributed by atoms with Crippen molar-refractivity contribution in [1.82, 2.24) is 5.43 Å². The van der Waals surface area contributed by atoms with Crippen LogP contribution in [0.4, 0.5) is 0 Å². The third-order valence-electron chi connectivity index (χ3n) is 4.55. The molecule has 1 saturated carbocycles. The van der Waals surface area contributed by atoms with Crippen LogP contribution in [0.5, 0.6) is 0 Å². The van der Waals surface area contributed by atoms with Crippen LogP contribution in [0.15, 0.2) is 24.3 Å². The molecule has 0 heterocycles. The number of hydrogen-bond acceptors (Lipinski definition) is 2. The van der Waals surface area contributed by atoms with Crippen LogP contribution in [-0.4, -0.2) is 0 Å². The molecule has 1 aromatic carbocycles. The molecule has 1 unspecified atom stereocenters. The van der Waals surface area contributed by atoms with Crippen molar-refractivity contribution in [3.05, 3.63) is 35.4 Å². The summed E-state index contributed by atoms with van der Waals surface area (Å²) in [6.45, 7) is 4.49. The molecular formula is C16H26N2. The van der Waals surface area contributed by atoms with Gasteiger partial charge in [-0.15, -0.1) is 0 Å². The summed E-state index contributed by atoms with van der Waals surface area (Å²) in [6, 6.07) is 9.33. The van der Waals surface area contributed by atoms with Crippen LogP contribution in [0, 0.1) is 5.92 Å². The van der Waals surface area contributed by atoms with E-state index in [1.165, 1.54) is 43.2 Å². The molecule has 0 spiro atoms. The molecule has 0 bridgehead atoms. The Morgan fingerprint density at radius 2 is 2.00 bits per heavy atom. The lowest BCUT2D eigenvalue weighted by Gasteiger charge is -2.29. The highest BCUT2D eigenvalue weighted by atomic mass is 15.2. The number of hydrazine groups is 1. The zero-order chi connectivity index (χ0) is 13.0. The van der Waals surface area contributed by atoms with Crippen molar-refractivity contribution in [3.63, 3.8) is 0 Å². The van der Waals surface area contributed by atoms with E-state index in [1.54, 1.807) is 0 Å². The highest BCUT2D eigenvalue weighted by Gasteiger charge is 2.23. The maximum absolute atomic E-state index is 5.78. The Bertz CT molecular complexity index is 367. The summed E-state index contributed by atoms with van der Waals surface area (Å²) >= 11 is 0. The molecule has 18 heavy (non-hydrogen) atoms. The average Bonchev–Trinajstić information content (AvgIpc) is 2.34. The highest BCUT2D eigenvalue weighted by molar-refractivity contribution is 5.30. The fourth-order valence-electron chi connectivity index (χ4n) is 3.01. The van der Waals surface area contributed by atoms with Gasteiger partial charge in [-0.3, -0.25) is 11.3 Å². The zero-order valence-electron chi connectivity index (χ0n) is 11.7. The molecule has 1 fully saturated rings. The highest BCUT2D eigenvalue weighted by Crippen LogP contribution is 2.37. The molecule has 2 rings (SSSR count). The Morgan fingerprint density at radius 1 is 1.28 bits per heavy atom. The van der Waals surface area contributed by atoms with Crippen LogP contribution >= 0.6 is 0 Å². The minimum Gasteiger partial charge on any atom is -0.271 e. The summed E-state index contributed by atoms with van der Waals surface area (Å²) in [5.41, 5.74) is 5.88. The summed E-state index contributed by atoms with van der Waals surface area (Å²) in [5, 5.41) is 0. The van der Waals surface area contributed by atoms with Gasteiger partial charge < -0.3 is 0 Å². The summed E-state index contributed by atoms with van der Waals surface area (Å²) in [6.07, 6.45) is 6.43. The predicted octanol–water partition coefficient (Wildman–Crippen LogP) is 3.89. The largest absolute Gasteiger partial charge is 0.271 e. The second kappa shape index (κ2) is 6.35. The quantitative estimate of drug-likeness (QED) is 0.590. The van der Waals surface area contributed by atoms with E-state index in [-0.39, 0.29) is 0 Å². The molecule has 1 aliphatic carbocycles. The van der Waals surface area contributed by atoms with Crippen LogP contribution in [0.1, 0.15) is 69.0 Å². The van der Waals surface area contributed by atoms with Crippen molar-refractivity contribution < 1.29 is 0 Å². The molecule has 1 atom stereocenters. The van der Waals surface area contributed by atoms with Gasteiger partial charge in [0.2, 0.25) is 0 Å². The van der Waals surface area contributed by atoms with Crippen LogP contribution < -0.4 is 11.3 Å². The maximum Gasteiger partial charge on any atom is 0.0488 e. The minimum atomic E-state index is 0.292. The van der Waals surface area contributed by atoms with Crippen molar-refractivity contribution in [2.45, 2.75) is 57.9 Å². The first-order valence-corrected chi connectivity index (χ1v) is 7.36. The van der Waals surface area contributed by atoms with Crippen molar-refractivity contribution in [1.29, 1.82) is 0 Å². The smallest absolute Gasteiger partial charge is 0.0488 e. The molecular weight excluding hydrogens is 220 g/mol. The topological polar surface area (TPSA) is 38.0 Å². The molecule has 1 aromatic rings. The molecule has 100 valence electrons. The molecule has 1 aliphatic rings. The minimum absolute atomic E-state index is 0.292. The SMILES string of the molecule is CCC(CC)C(NN)c1cccc(C2CCC2)c1. The molecule has 0 aliphatic heterocycles. The Hall–Kier alpha value is -0.860. The lowest BCUT2D eigenvalue weighted by atomic mass is 9.78. The standard InChI is InChI=1S/C16H26N2/c1-3-12(4-2)16(18-17)15-10-6-9-14(11-15)13-7-5-8-13/h6,9-13,16,18H,3-5,7-8,17H2,1-2H3. The average molecular weight is 246 g/mol. The first-order valence-electron chi connectivity index (χ1n) is 7.36. The van der Waals surface area contributed by atoms with Crippen LogP contribution in [0.25, 0.3) is 0 Å². The zero-order valence-corrected chi connectivity index (χ0v) is 11.7. The first kappa shape index (κ1) is 13.6. The van der Waals surface area contributed by atoms with E-state index >= 15 is 0 Å². The van der Waals surface area contributed by atoms with Crippen molar-refractivity contribution >= 4 is 0 Å². The lowest BCUT2D eigenvalue weighted by molar-refractivity contribution is 0.344. The fraction of sp³-hybridized carbons (Fsp3) is 0.625. The van der Waals surface area contributed by atoms with E-state index in [0.29, 0.717) is 12.0 Å². The second-order valence-corrected chi connectivity index (χ2v) is 5.52. The van der Waals surface area contributed by atoms with Crippen LogP contribution in [0.3, 0.4) is 0 Å². The molecule has 2 nitrogen and oxygen atoms in total. The molecule has 0 aromatic heterocycles. The van der Waals surface area contributed by atoms with Gasteiger partial charge >= 0.3 is 0 Å². The Labute approximate surface area is 111 Å². The van der Waals surface area contributed by atoms with E-state index in [4.69, 9.17) is 5.84 Å². The Morgan fingerprint density at radius 3 is 2.50 bits per heavy atom. The monoisotopic (exact) mass is 246 g/mol. The third kappa shape index (κ3) is 2.76. The van der Waals surface area contributed by atoms with Crippen LogP contribution in [0.2, 0.25) is 0 Å². The van der Waals surface area contributed by atoms with E-state index in [0.717, 1.165) is 5.92 Å². The Kier molecular flexibility index (Phi) is 4.79. The normalized spacial score (nSPS) is 17.8. The molecule has 2 heteroatoms. The van der Waals surface area contributed by atoms with Gasteiger partial charge in [0.1, 0.15) is 0 Å². The van der Waals surface area contributed by atoms with Gasteiger partial charge in [0.05, 0.1) is 0 Å². The van der Waals surface area contributed by atoms with E-state index in [2.05, 4.69) is 43.5 Å². The van der Waals surface area contributed by atoms with Gasteiger partial charge in [-0.25, -0.2) is 0 Å². The number of benzene rings is 1. The molecule has 0 saturated heterocycles. The van der Waals surface area contributed by atoms with E-state index in [1.807, 2.05) is 0 Å². The fourth-order valence-corrected chi connectivity index (χ4v) is 3.01. The van der Waals surface area contributed by atoms with E-state index in [9.17, 15) is 0 Å². The van der Waals surface area contributed by atoms with Gasteiger partial charge in [0.25, 0.3) is 0 Å². The number of nitrogens with one attached hydrogen (secondary N) is 1. The van der Waals surface area contributed by atoms with Gasteiger partial charge in [-0.1, -0.05) is 57.4 Å². The molecule has 0 radical (unpaired) electrons. The van der Waals surface area contributed by atoms with Crippen molar-refractivity contribution in [2.75, 3.05) is 0 Å². The van der Waals surface area contributed by atoms with Gasteiger partial charge in [-0.05, 0) is 35.8 Å². The summed E-state index contributed by atoms with van der Waals surface area (Å²) in [5.74, 6) is 7.19. The molecule has 3 N–H and O–H groups in total. The third-order valence-corrected chi connectivity index (χ3v) is 4.55. The van der Waals surface area contributed by atoms with Gasteiger partial charge in [0.15, 0.2) is 0 Å². The van der Waals surface area contributed by atoms with Gasteiger partial charge in [-0.2, -0.15) is 0 Å². The number of hydrogen-bond donors (Lipinski definition) is 2. The number of nitrogens with two attached hydrogens (primary N) is 1. The van der Waals surface area contributed by atoms with E-state index < -0.39 is 0 Å². The summed E-state index contributed by atoms with van der Waals surface area (Å²) < 4.78 is 0. The van der Waals surface area contributed by atoms with Gasteiger partial charge in [0, 0.05) is 6.04 Å². The maximum atomic E-state index is 5.78. The second-order valence-electron chi connectivity index (χ2n) is 5.52. The summed E-state index contributed by atoms with van der Waals surface area (Å²) in [4.78, 5) is 0. The van der Waals surface area contributed by atoms with Crippen molar-refractivity contribution in [2.24, 2.45) is 11.8 Å². The Balaban J connectivity index is 2.19. The number of rotatable bonds is 6. The lowest BCUT2D eigenvalue weighted by Crippen LogP contribution is -2.33. The predicted molar refractivity (Wildman–Crippen MR) is 77.2 cm³/mol. The van der Waals surface area contributed by atoms with Crippen molar-refractivity contribution in [3.8, 4) is 0 Å². The summed E-state index contributed by atoms with van der Waals surface area (Å²) in [7, 11) is 0. The van der Waals surface area contributed by atoms with Crippen LogP contribution in [-0.2, 0) is 0 Å². The first-order chi connectivity index (χ1) is 8.80. The molecule has 0 amide bonds.